The van der Waals surface area contributed by atoms with E-state index < -0.39 is 0 Å². The summed E-state index contributed by atoms with van der Waals surface area (Å²) in [6, 6.07) is 13.5. The molecule has 1 saturated heterocycles. The van der Waals surface area contributed by atoms with Gasteiger partial charge >= 0.3 is 0 Å². The molecule has 26 heavy (non-hydrogen) atoms. The SMILES string of the molecule is CN1CCC(N(C(=N)/C=C\Nc2ccccc2)C(=O)c2cccs2)CC1. The molecule has 2 aromatic rings. The molecule has 2 N–H and O–H groups in total. The van der Waals surface area contributed by atoms with Crippen LogP contribution >= 0.6 is 11.3 Å². The Hall–Kier alpha value is -2.44. The zero-order valence-corrected chi connectivity index (χ0v) is 15.7. The van der Waals surface area contributed by atoms with Crippen molar-refractivity contribution < 1.29 is 4.79 Å². The molecule has 0 bridgehead atoms. The second-order valence-electron chi connectivity index (χ2n) is 6.42. The van der Waals surface area contributed by atoms with Crippen molar-refractivity contribution in [3.8, 4) is 0 Å². The number of nitrogens with one attached hydrogen (secondary N) is 2. The minimum absolute atomic E-state index is 0.0645. The first-order chi connectivity index (χ1) is 12.6. The van der Waals surface area contributed by atoms with E-state index in [4.69, 9.17) is 5.41 Å². The number of anilines is 1. The number of amidine groups is 1. The van der Waals surface area contributed by atoms with Gasteiger partial charge in [-0.2, -0.15) is 0 Å². The molecule has 5 nitrogen and oxygen atoms in total. The van der Waals surface area contributed by atoms with E-state index in [1.54, 1.807) is 17.2 Å². The molecule has 6 heteroatoms. The molecule has 0 atom stereocenters. The van der Waals surface area contributed by atoms with Gasteiger partial charge in [-0.1, -0.05) is 24.3 Å². The third-order valence-corrected chi connectivity index (χ3v) is 5.39. The van der Waals surface area contributed by atoms with E-state index in [1.165, 1.54) is 11.3 Å². The number of thiophene rings is 1. The minimum atomic E-state index is -0.0797. The summed E-state index contributed by atoms with van der Waals surface area (Å²) in [5.74, 6) is 0.144. The Bertz CT molecular complexity index is 749. The lowest BCUT2D eigenvalue weighted by atomic mass is 10.0. The largest absolute Gasteiger partial charge is 0.362 e. The molecule has 0 aliphatic carbocycles. The van der Waals surface area contributed by atoms with Gasteiger partial charge in [0.1, 0.15) is 5.84 Å². The van der Waals surface area contributed by atoms with E-state index in [2.05, 4.69) is 17.3 Å². The number of carbonyl (C=O) groups excluding carboxylic acids is 1. The molecular formula is C20H24N4OS. The monoisotopic (exact) mass is 368 g/mol. The van der Waals surface area contributed by atoms with Crippen molar-refractivity contribution >= 4 is 28.8 Å². The fraction of sp³-hybridized carbons (Fsp3) is 0.300. The highest BCUT2D eigenvalue weighted by Crippen LogP contribution is 2.21. The Morgan fingerprint density at radius 3 is 2.62 bits per heavy atom. The Balaban J connectivity index is 1.73. The van der Waals surface area contributed by atoms with Crippen molar-refractivity contribution in [2.24, 2.45) is 0 Å². The Morgan fingerprint density at radius 2 is 1.96 bits per heavy atom. The van der Waals surface area contributed by atoms with Gasteiger partial charge in [0.25, 0.3) is 5.91 Å². The predicted molar refractivity (Wildman–Crippen MR) is 108 cm³/mol. The average Bonchev–Trinajstić information content (AvgIpc) is 3.19. The van der Waals surface area contributed by atoms with Crippen LogP contribution in [-0.2, 0) is 0 Å². The standard InChI is InChI=1S/C20H24N4OS/c1-23-13-10-17(11-14-23)24(20(25)18-8-5-15-26-18)19(21)9-12-22-16-6-3-2-4-7-16/h2-9,12,15,17,21-22H,10-11,13-14H2,1H3/b12-9-,21-19?. The number of amides is 1. The summed E-state index contributed by atoms with van der Waals surface area (Å²) in [7, 11) is 2.09. The van der Waals surface area contributed by atoms with Gasteiger partial charge in [0.05, 0.1) is 4.88 Å². The molecule has 3 rings (SSSR count). The quantitative estimate of drug-likeness (QED) is 0.622. The van der Waals surface area contributed by atoms with E-state index in [-0.39, 0.29) is 17.8 Å². The third kappa shape index (κ3) is 4.59. The highest BCUT2D eigenvalue weighted by Gasteiger charge is 2.30. The number of hydrogen-bond acceptors (Lipinski definition) is 5. The molecule has 1 amide bonds. The van der Waals surface area contributed by atoms with E-state index in [0.29, 0.717) is 4.88 Å². The van der Waals surface area contributed by atoms with Crippen molar-refractivity contribution in [2.45, 2.75) is 18.9 Å². The number of carbonyl (C=O) groups is 1. The van der Waals surface area contributed by atoms with E-state index in [1.807, 2.05) is 47.8 Å². The highest BCUT2D eigenvalue weighted by atomic mass is 32.1. The van der Waals surface area contributed by atoms with Crippen LogP contribution in [0, 0.1) is 5.41 Å². The number of hydrogen-bond donors (Lipinski definition) is 2. The highest BCUT2D eigenvalue weighted by molar-refractivity contribution is 7.12. The molecule has 0 unspecified atom stereocenters. The maximum atomic E-state index is 13.0. The first kappa shape index (κ1) is 18.4. The average molecular weight is 369 g/mol. The third-order valence-electron chi connectivity index (χ3n) is 4.53. The Kier molecular flexibility index (Phi) is 6.20. The van der Waals surface area contributed by atoms with E-state index >= 15 is 0 Å². The molecule has 1 aromatic carbocycles. The van der Waals surface area contributed by atoms with Crippen LogP contribution in [0.1, 0.15) is 22.5 Å². The van der Waals surface area contributed by atoms with Gasteiger partial charge in [-0.15, -0.1) is 11.3 Å². The molecular weight excluding hydrogens is 344 g/mol. The second-order valence-corrected chi connectivity index (χ2v) is 7.36. The van der Waals surface area contributed by atoms with E-state index in [9.17, 15) is 4.79 Å². The van der Waals surface area contributed by atoms with Crippen molar-refractivity contribution in [3.63, 3.8) is 0 Å². The van der Waals surface area contributed by atoms with Crippen LogP contribution in [0.25, 0.3) is 0 Å². The van der Waals surface area contributed by atoms with E-state index in [0.717, 1.165) is 31.6 Å². The van der Waals surface area contributed by atoms with Crippen LogP contribution in [0.15, 0.2) is 60.1 Å². The van der Waals surface area contributed by atoms with Gasteiger partial charge in [0.2, 0.25) is 0 Å². The lowest BCUT2D eigenvalue weighted by Crippen LogP contribution is -2.48. The topological polar surface area (TPSA) is 59.4 Å². The molecule has 1 aliphatic rings. The maximum absolute atomic E-state index is 13.0. The summed E-state index contributed by atoms with van der Waals surface area (Å²) >= 11 is 1.42. The fourth-order valence-electron chi connectivity index (χ4n) is 3.08. The normalized spacial score (nSPS) is 15.9. The summed E-state index contributed by atoms with van der Waals surface area (Å²) < 4.78 is 0. The van der Waals surface area contributed by atoms with Crippen molar-refractivity contribution in [1.82, 2.24) is 9.80 Å². The zero-order valence-electron chi connectivity index (χ0n) is 14.9. The van der Waals surface area contributed by atoms with Crippen molar-refractivity contribution in [3.05, 3.63) is 65.0 Å². The molecule has 2 heterocycles. The number of likely N-dealkylation sites (tertiary alicyclic amines) is 1. The lowest BCUT2D eigenvalue weighted by molar-refractivity contribution is 0.0753. The first-order valence-electron chi connectivity index (χ1n) is 8.77. The summed E-state index contributed by atoms with van der Waals surface area (Å²) in [6.07, 6.45) is 5.16. The smallest absolute Gasteiger partial charge is 0.269 e. The van der Waals surface area contributed by atoms with Crippen molar-refractivity contribution in [1.29, 1.82) is 5.41 Å². The molecule has 0 saturated carbocycles. The van der Waals surface area contributed by atoms with Gasteiger partial charge in [-0.05, 0) is 62.6 Å². The maximum Gasteiger partial charge on any atom is 0.269 e. The summed E-state index contributed by atoms with van der Waals surface area (Å²) in [5, 5.41) is 13.5. The second kappa shape index (κ2) is 8.78. The van der Waals surface area contributed by atoms with Crippen LogP contribution < -0.4 is 5.32 Å². The number of para-hydroxylation sites is 1. The van der Waals surface area contributed by atoms with Crippen LogP contribution in [0.5, 0.6) is 0 Å². The van der Waals surface area contributed by atoms with Gasteiger partial charge < -0.3 is 10.2 Å². The first-order valence-corrected chi connectivity index (χ1v) is 9.65. The minimum Gasteiger partial charge on any atom is -0.362 e. The summed E-state index contributed by atoms with van der Waals surface area (Å²) in [6.45, 7) is 1.89. The van der Waals surface area contributed by atoms with Crippen LogP contribution in [-0.4, -0.2) is 47.7 Å². The summed E-state index contributed by atoms with van der Waals surface area (Å²) in [4.78, 5) is 17.6. The number of piperidine rings is 1. The van der Waals surface area contributed by atoms with Crippen LogP contribution in [0.4, 0.5) is 5.69 Å². The van der Waals surface area contributed by atoms with Gasteiger partial charge in [0, 0.05) is 17.9 Å². The number of rotatable bonds is 5. The van der Waals surface area contributed by atoms with Gasteiger partial charge in [-0.3, -0.25) is 15.1 Å². The molecule has 1 aliphatic heterocycles. The van der Waals surface area contributed by atoms with Crippen molar-refractivity contribution in [2.75, 3.05) is 25.5 Å². The molecule has 0 spiro atoms. The number of benzene rings is 1. The van der Waals surface area contributed by atoms with Crippen LogP contribution in [0.3, 0.4) is 0 Å². The Labute approximate surface area is 158 Å². The van der Waals surface area contributed by atoms with Gasteiger partial charge in [-0.25, -0.2) is 0 Å². The van der Waals surface area contributed by atoms with Crippen LogP contribution in [0.2, 0.25) is 0 Å². The zero-order chi connectivity index (χ0) is 18.4. The molecule has 136 valence electrons. The van der Waals surface area contributed by atoms with Gasteiger partial charge in [0.15, 0.2) is 0 Å². The fourth-order valence-corrected chi connectivity index (χ4v) is 3.74. The lowest BCUT2D eigenvalue weighted by Gasteiger charge is -2.36. The predicted octanol–water partition coefficient (Wildman–Crippen LogP) is 3.89. The molecule has 1 aromatic heterocycles. The molecule has 0 radical (unpaired) electrons. The Morgan fingerprint density at radius 1 is 1.23 bits per heavy atom. The summed E-state index contributed by atoms with van der Waals surface area (Å²) in [5.41, 5.74) is 0.951. The molecule has 1 fully saturated rings. The number of nitrogens with zero attached hydrogens (tertiary/aromatic N) is 2.